The maximum absolute atomic E-state index is 11.9. The molecule has 1 aromatic heterocycles. The molecule has 0 fully saturated rings. The molecule has 3 N–H and O–H groups in total. The van der Waals surface area contributed by atoms with Crippen molar-refractivity contribution in [3.63, 3.8) is 0 Å². The molecule has 3 aromatic rings. The average Bonchev–Trinajstić information content (AvgIpc) is 2.52. The van der Waals surface area contributed by atoms with Crippen LogP contribution < -0.4 is 10.9 Å². The first-order valence-corrected chi connectivity index (χ1v) is 6.87. The predicted molar refractivity (Wildman–Crippen MR) is 85.0 cm³/mol. The van der Waals surface area contributed by atoms with Gasteiger partial charge in [-0.05, 0) is 23.8 Å². The Hall–Kier alpha value is -3.28. The number of amides is 1. The van der Waals surface area contributed by atoms with Crippen molar-refractivity contribution >= 4 is 22.7 Å². The van der Waals surface area contributed by atoms with Crippen LogP contribution in [0, 0.1) is 0 Å². The number of rotatable bonds is 3. The zero-order chi connectivity index (χ0) is 16.4. The van der Waals surface area contributed by atoms with Gasteiger partial charge in [-0.15, -0.1) is 0 Å². The van der Waals surface area contributed by atoms with Crippen LogP contribution in [0.25, 0.3) is 11.0 Å². The first-order chi connectivity index (χ1) is 11.0. The van der Waals surface area contributed by atoms with Gasteiger partial charge in [-0.1, -0.05) is 30.3 Å². The molecule has 0 aliphatic heterocycles. The highest BCUT2D eigenvalue weighted by molar-refractivity contribution is 5.89. The van der Waals surface area contributed by atoms with Crippen LogP contribution >= 0.6 is 0 Å². The first-order valence-electron chi connectivity index (χ1n) is 6.87. The number of hydrogen-bond acceptors (Lipinski definition) is 4. The lowest BCUT2D eigenvalue weighted by Crippen LogP contribution is -2.15. The molecular weight excluding hydrogens is 298 g/mol. The number of phenols is 1. The molecule has 3 rings (SSSR count). The Labute approximate surface area is 130 Å². The minimum atomic E-state index is -1.35. The van der Waals surface area contributed by atoms with Gasteiger partial charge in [0.05, 0.1) is 0 Å². The third-order valence-electron chi connectivity index (χ3n) is 3.45. The van der Waals surface area contributed by atoms with E-state index in [1.54, 1.807) is 6.07 Å². The van der Waals surface area contributed by atoms with Crippen LogP contribution in [0.15, 0.2) is 57.7 Å². The monoisotopic (exact) mass is 311 g/mol. The summed E-state index contributed by atoms with van der Waals surface area (Å²) in [6.45, 7) is 0. The minimum Gasteiger partial charge on any atom is -0.508 e. The number of fused-ring (bicyclic) bond motifs is 1. The molecule has 116 valence electrons. The summed E-state index contributed by atoms with van der Waals surface area (Å²) in [6, 6.07) is 13.9. The summed E-state index contributed by atoms with van der Waals surface area (Å²) in [5.74, 6) is 0.0171. The summed E-state index contributed by atoms with van der Waals surface area (Å²) >= 11 is 0. The van der Waals surface area contributed by atoms with Gasteiger partial charge in [0.1, 0.15) is 17.0 Å². The number of benzene rings is 2. The van der Waals surface area contributed by atoms with Crippen LogP contribution in [0.3, 0.4) is 0 Å². The Morgan fingerprint density at radius 1 is 1.13 bits per heavy atom. The van der Waals surface area contributed by atoms with Gasteiger partial charge in [0, 0.05) is 17.4 Å². The SMILES string of the molecule is O=C(O)Nc1cc2ccc(O)c(Cc3ccccc3)c2oc1=O. The van der Waals surface area contributed by atoms with Gasteiger partial charge in [0.25, 0.3) is 0 Å². The molecule has 0 aliphatic rings. The van der Waals surface area contributed by atoms with E-state index in [1.807, 2.05) is 35.6 Å². The third-order valence-corrected chi connectivity index (χ3v) is 3.45. The minimum absolute atomic E-state index is 0.0171. The number of nitrogens with one attached hydrogen (secondary N) is 1. The molecule has 0 aliphatic carbocycles. The molecular formula is C17H13NO5. The van der Waals surface area contributed by atoms with Gasteiger partial charge in [0.2, 0.25) is 0 Å². The molecule has 23 heavy (non-hydrogen) atoms. The lowest BCUT2D eigenvalue weighted by Gasteiger charge is -2.09. The first kappa shape index (κ1) is 14.6. The second-order valence-electron chi connectivity index (χ2n) is 5.02. The molecule has 0 radical (unpaired) electrons. The average molecular weight is 311 g/mol. The molecule has 0 saturated heterocycles. The van der Waals surface area contributed by atoms with E-state index in [0.29, 0.717) is 17.4 Å². The number of phenolic OH excluding ortho intramolecular Hbond substituents is 1. The van der Waals surface area contributed by atoms with E-state index in [-0.39, 0.29) is 17.0 Å². The molecule has 0 spiro atoms. The molecule has 0 saturated carbocycles. The van der Waals surface area contributed by atoms with Crippen molar-refractivity contribution in [2.45, 2.75) is 6.42 Å². The Morgan fingerprint density at radius 2 is 1.87 bits per heavy atom. The Bertz CT molecular complexity index is 931. The van der Waals surface area contributed by atoms with Crippen LogP contribution in [-0.4, -0.2) is 16.3 Å². The van der Waals surface area contributed by atoms with Crippen molar-refractivity contribution < 1.29 is 19.4 Å². The highest BCUT2D eigenvalue weighted by atomic mass is 16.4. The van der Waals surface area contributed by atoms with E-state index in [0.717, 1.165) is 5.56 Å². The van der Waals surface area contributed by atoms with Crippen molar-refractivity contribution in [2.24, 2.45) is 0 Å². The molecule has 6 nitrogen and oxygen atoms in total. The predicted octanol–water partition coefficient (Wildman–Crippen LogP) is 3.18. The number of carboxylic acid groups (broad SMARTS) is 1. The maximum atomic E-state index is 11.9. The molecule has 0 bridgehead atoms. The van der Waals surface area contributed by atoms with Crippen molar-refractivity contribution in [3.8, 4) is 5.75 Å². The Balaban J connectivity index is 2.14. The van der Waals surface area contributed by atoms with E-state index in [9.17, 15) is 14.7 Å². The second-order valence-corrected chi connectivity index (χ2v) is 5.02. The fourth-order valence-corrected chi connectivity index (χ4v) is 2.40. The zero-order valence-electron chi connectivity index (χ0n) is 11.9. The van der Waals surface area contributed by atoms with E-state index < -0.39 is 11.7 Å². The summed E-state index contributed by atoms with van der Waals surface area (Å²) in [5.41, 5.74) is 0.703. The largest absolute Gasteiger partial charge is 0.508 e. The van der Waals surface area contributed by atoms with Gasteiger partial charge in [-0.3, -0.25) is 5.32 Å². The van der Waals surface area contributed by atoms with E-state index in [1.165, 1.54) is 12.1 Å². The highest BCUT2D eigenvalue weighted by Crippen LogP contribution is 2.29. The van der Waals surface area contributed by atoms with Crippen molar-refractivity contribution in [1.29, 1.82) is 0 Å². The van der Waals surface area contributed by atoms with Crippen molar-refractivity contribution in [2.75, 3.05) is 5.32 Å². The lowest BCUT2D eigenvalue weighted by molar-refractivity contribution is 0.209. The van der Waals surface area contributed by atoms with E-state index in [4.69, 9.17) is 9.52 Å². The number of anilines is 1. The zero-order valence-corrected chi connectivity index (χ0v) is 11.9. The summed E-state index contributed by atoms with van der Waals surface area (Å²) < 4.78 is 5.24. The molecule has 0 unspecified atom stereocenters. The Morgan fingerprint density at radius 3 is 2.57 bits per heavy atom. The van der Waals surface area contributed by atoms with Gasteiger partial charge in [0.15, 0.2) is 0 Å². The van der Waals surface area contributed by atoms with Crippen molar-refractivity contribution in [3.05, 3.63) is 70.1 Å². The number of hydrogen-bond donors (Lipinski definition) is 3. The van der Waals surface area contributed by atoms with Crippen LogP contribution in [0.5, 0.6) is 5.75 Å². The quantitative estimate of drug-likeness (QED) is 0.645. The summed E-state index contributed by atoms with van der Waals surface area (Å²) in [7, 11) is 0. The third kappa shape index (κ3) is 3.01. The molecule has 1 amide bonds. The van der Waals surface area contributed by atoms with Gasteiger partial charge in [-0.2, -0.15) is 0 Å². The highest BCUT2D eigenvalue weighted by Gasteiger charge is 2.14. The van der Waals surface area contributed by atoms with Crippen LogP contribution in [0.4, 0.5) is 10.5 Å². The van der Waals surface area contributed by atoms with Crippen molar-refractivity contribution in [1.82, 2.24) is 0 Å². The standard InChI is InChI=1S/C17H13NO5/c19-14-7-6-11-9-13(18-17(21)22)16(20)23-15(11)12(14)8-10-4-2-1-3-5-10/h1-7,9,18-19H,8H2,(H,21,22). The van der Waals surface area contributed by atoms with Crippen LogP contribution in [0.2, 0.25) is 0 Å². The topological polar surface area (TPSA) is 99.8 Å². The van der Waals surface area contributed by atoms with Gasteiger partial charge < -0.3 is 14.6 Å². The molecule has 1 heterocycles. The lowest BCUT2D eigenvalue weighted by atomic mass is 10.0. The summed E-state index contributed by atoms with van der Waals surface area (Å²) in [4.78, 5) is 22.6. The van der Waals surface area contributed by atoms with Gasteiger partial charge in [-0.25, -0.2) is 9.59 Å². The second kappa shape index (κ2) is 5.84. The summed E-state index contributed by atoms with van der Waals surface area (Å²) in [6.07, 6.45) is -0.960. The molecule has 2 aromatic carbocycles. The van der Waals surface area contributed by atoms with Gasteiger partial charge >= 0.3 is 11.7 Å². The maximum Gasteiger partial charge on any atom is 0.409 e. The van der Waals surface area contributed by atoms with Crippen LogP contribution in [-0.2, 0) is 6.42 Å². The smallest absolute Gasteiger partial charge is 0.409 e. The molecule has 6 heteroatoms. The molecule has 0 atom stereocenters. The fourth-order valence-electron chi connectivity index (χ4n) is 2.40. The number of aromatic hydroxyl groups is 1. The Kier molecular flexibility index (Phi) is 3.72. The van der Waals surface area contributed by atoms with E-state index in [2.05, 4.69) is 0 Å². The van der Waals surface area contributed by atoms with Crippen LogP contribution in [0.1, 0.15) is 11.1 Å². The number of carbonyl (C=O) groups is 1. The normalized spacial score (nSPS) is 10.6. The van der Waals surface area contributed by atoms with E-state index >= 15 is 0 Å². The summed E-state index contributed by atoms with van der Waals surface area (Å²) in [5, 5.41) is 21.4. The fraction of sp³-hybridized carbons (Fsp3) is 0.0588.